The van der Waals surface area contributed by atoms with Crippen molar-refractivity contribution < 1.29 is 0 Å². The van der Waals surface area contributed by atoms with Gasteiger partial charge in [0.15, 0.2) is 0 Å². The molecule has 20 heavy (non-hydrogen) atoms. The van der Waals surface area contributed by atoms with Gasteiger partial charge in [0.2, 0.25) is 0 Å². The Balaban J connectivity index is 3.14. The monoisotopic (exact) mass is 271 g/mol. The van der Waals surface area contributed by atoms with E-state index in [1.54, 1.807) is 0 Å². The number of nitrogens with two attached hydrogens (primary N) is 1. The summed E-state index contributed by atoms with van der Waals surface area (Å²) in [7, 11) is 0. The highest BCUT2D eigenvalue weighted by Gasteiger charge is 2.17. The molecule has 1 rings (SSSR count). The van der Waals surface area contributed by atoms with Crippen molar-refractivity contribution in [2.45, 2.75) is 53.9 Å². The van der Waals surface area contributed by atoms with E-state index in [-0.39, 0.29) is 10.8 Å². The van der Waals surface area contributed by atoms with E-state index >= 15 is 0 Å². The first kappa shape index (κ1) is 16.6. The van der Waals surface area contributed by atoms with Gasteiger partial charge in [-0.15, -0.1) is 0 Å². The lowest BCUT2D eigenvalue weighted by atomic mass is 9.84. The zero-order chi connectivity index (χ0) is 15.7. The van der Waals surface area contributed by atoms with Crippen molar-refractivity contribution in [3.63, 3.8) is 0 Å². The summed E-state index contributed by atoms with van der Waals surface area (Å²) in [6.45, 7) is 19.3. The molecule has 1 nitrogen and oxygen atoms in total. The van der Waals surface area contributed by atoms with Crippen molar-refractivity contribution in [3.8, 4) is 0 Å². The summed E-state index contributed by atoms with van der Waals surface area (Å²) in [5.74, 6) is 0. The summed E-state index contributed by atoms with van der Waals surface area (Å²) in [4.78, 5) is 0. The summed E-state index contributed by atoms with van der Waals surface area (Å²) in [6.07, 6.45) is 2.04. The minimum Gasteiger partial charge on any atom is -0.398 e. The first-order valence-corrected chi connectivity index (χ1v) is 7.21. The Bertz CT molecular complexity index is 534. The first-order chi connectivity index (χ1) is 8.93. The fourth-order valence-electron chi connectivity index (χ4n) is 1.99. The second-order valence-corrected chi connectivity index (χ2v) is 7.65. The molecule has 0 aliphatic heterocycles. The number of rotatable bonds is 2. The molecule has 0 unspecified atom stereocenters. The summed E-state index contributed by atoms with van der Waals surface area (Å²) < 4.78 is 0. The van der Waals surface area contributed by atoms with Crippen LogP contribution in [-0.2, 0) is 5.41 Å². The number of benzene rings is 1. The highest BCUT2D eigenvalue weighted by molar-refractivity contribution is 5.61. The van der Waals surface area contributed by atoms with Crippen LogP contribution < -0.4 is 5.73 Å². The lowest BCUT2D eigenvalue weighted by Crippen LogP contribution is -2.15. The smallest absolute Gasteiger partial charge is 0.0352 e. The van der Waals surface area contributed by atoms with Gasteiger partial charge in [-0.1, -0.05) is 66.3 Å². The number of aryl methyl sites for hydroxylation is 1. The van der Waals surface area contributed by atoms with Crippen molar-refractivity contribution >= 4 is 6.08 Å². The van der Waals surface area contributed by atoms with E-state index in [0.717, 1.165) is 11.3 Å². The van der Waals surface area contributed by atoms with Crippen LogP contribution in [0, 0.1) is 12.3 Å². The average molecular weight is 271 g/mol. The molecule has 0 aromatic heterocycles. The molecule has 2 N–H and O–H groups in total. The summed E-state index contributed by atoms with van der Waals surface area (Å²) >= 11 is 0. The molecule has 0 heterocycles. The molecular formula is C19H29N. The van der Waals surface area contributed by atoms with Gasteiger partial charge in [-0.2, -0.15) is 0 Å². The van der Waals surface area contributed by atoms with Gasteiger partial charge in [0.05, 0.1) is 0 Å². The van der Waals surface area contributed by atoms with E-state index in [0.29, 0.717) is 0 Å². The van der Waals surface area contributed by atoms with Gasteiger partial charge in [0.25, 0.3) is 0 Å². The zero-order valence-electron chi connectivity index (χ0n) is 14.1. The molecule has 1 aromatic rings. The van der Waals surface area contributed by atoms with Gasteiger partial charge in [-0.3, -0.25) is 0 Å². The lowest BCUT2D eigenvalue weighted by molar-refractivity contribution is 0.512. The van der Waals surface area contributed by atoms with Crippen LogP contribution in [0.1, 0.15) is 58.2 Å². The molecule has 0 fully saturated rings. The molecule has 1 heteroatoms. The second-order valence-electron chi connectivity index (χ2n) is 7.65. The first-order valence-electron chi connectivity index (χ1n) is 7.21. The Morgan fingerprint density at radius 3 is 2.05 bits per heavy atom. The van der Waals surface area contributed by atoms with Crippen LogP contribution in [-0.4, -0.2) is 0 Å². The molecule has 0 atom stereocenters. The van der Waals surface area contributed by atoms with Gasteiger partial charge in [-0.05, 0) is 46.1 Å². The highest BCUT2D eigenvalue weighted by atomic mass is 14.6. The van der Waals surface area contributed by atoms with Crippen LogP contribution in [0.2, 0.25) is 0 Å². The average Bonchev–Trinajstić information content (AvgIpc) is 2.28. The van der Waals surface area contributed by atoms with E-state index < -0.39 is 0 Å². The minimum atomic E-state index is -0.000160. The molecule has 1 aromatic carbocycles. The van der Waals surface area contributed by atoms with Crippen molar-refractivity contribution in [2.24, 2.45) is 11.1 Å². The van der Waals surface area contributed by atoms with E-state index in [2.05, 4.69) is 73.2 Å². The van der Waals surface area contributed by atoms with Crippen LogP contribution in [0.4, 0.5) is 0 Å². The maximum absolute atomic E-state index is 6.19. The minimum absolute atomic E-state index is 0.000160. The molecule has 0 saturated heterocycles. The van der Waals surface area contributed by atoms with Crippen molar-refractivity contribution in [1.29, 1.82) is 0 Å². The number of hydrogen-bond acceptors (Lipinski definition) is 1. The standard InChI is InChI=1S/C19H29N/c1-13-11-16(19(6,7)8)10-9-15(13)12-17(20)14(2)18(3,4)5/h9-12H,2,20H2,1,3-8H3/b17-12+. The maximum atomic E-state index is 6.19. The van der Waals surface area contributed by atoms with Crippen LogP contribution in [0.3, 0.4) is 0 Å². The predicted molar refractivity (Wildman–Crippen MR) is 90.6 cm³/mol. The fraction of sp³-hybridized carbons (Fsp3) is 0.474. The number of hydrogen-bond donors (Lipinski definition) is 1. The van der Waals surface area contributed by atoms with Crippen LogP contribution in [0.25, 0.3) is 6.08 Å². The van der Waals surface area contributed by atoms with Crippen molar-refractivity contribution in [2.75, 3.05) is 0 Å². The van der Waals surface area contributed by atoms with Crippen molar-refractivity contribution in [3.05, 3.63) is 52.7 Å². The number of allylic oxidation sites excluding steroid dienone is 1. The Kier molecular flexibility index (Phi) is 4.53. The van der Waals surface area contributed by atoms with Gasteiger partial charge in [-0.25, -0.2) is 0 Å². The Morgan fingerprint density at radius 1 is 1.10 bits per heavy atom. The summed E-state index contributed by atoms with van der Waals surface area (Å²) in [5.41, 5.74) is 11.9. The van der Waals surface area contributed by atoms with E-state index in [4.69, 9.17) is 5.73 Å². The van der Waals surface area contributed by atoms with Crippen LogP contribution >= 0.6 is 0 Å². The summed E-state index contributed by atoms with van der Waals surface area (Å²) in [5, 5.41) is 0. The predicted octanol–water partition coefficient (Wildman–Crippen LogP) is 5.19. The SMILES string of the molecule is C=C(/C(N)=C\c1ccc(C(C)(C)C)cc1C)C(C)(C)C. The zero-order valence-corrected chi connectivity index (χ0v) is 14.1. The van der Waals surface area contributed by atoms with Crippen LogP contribution in [0.15, 0.2) is 36.0 Å². The summed E-state index contributed by atoms with van der Waals surface area (Å²) in [6, 6.07) is 6.59. The third-order valence-corrected chi connectivity index (χ3v) is 3.70. The lowest BCUT2D eigenvalue weighted by Gasteiger charge is -2.23. The Labute approximate surface area is 124 Å². The molecule has 110 valence electrons. The van der Waals surface area contributed by atoms with Crippen molar-refractivity contribution in [1.82, 2.24) is 0 Å². The quantitative estimate of drug-likeness (QED) is 0.736. The third-order valence-electron chi connectivity index (χ3n) is 3.70. The molecule has 0 saturated carbocycles. The van der Waals surface area contributed by atoms with E-state index in [1.807, 2.05) is 6.08 Å². The van der Waals surface area contributed by atoms with Gasteiger partial charge in [0, 0.05) is 5.70 Å². The second kappa shape index (κ2) is 5.47. The van der Waals surface area contributed by atoms with Gasteiger partial charge < -0.3 is 5.73 Å². The molecule has 0 aliphatic rings. The third kappa shape index (κ3) is 4.00. The largest absolute Gasteiger partial charge is 0.398 e. The molecule has 0 spiro atoms. The topological polar surface area (TPSA) is 26.0 Å². The molecular weight excluding hydrogens is 242 g/mol. The highest BCUT2D eigenvalue weighted by Crippen LogP contribution is 2.29. The van der Waals surface area contributed by atoms with Crippen LogP contribution in [0.5, 0.6) is 0 Å². The molecule has 0 bridgehead atoms. The van der Waals surface area contributed by atoms with E-state index in [9.17, 15) is 0 Å². The molecule has 0 aliphatic carbocycles. The Morgan fingerprint density at radius 2 is 1.65 bits per heavy atom. The van der Waals surface area contributed by atoms with Gasteiger partial charge >= 0.3 is 0 Å². The molecule has 0 radical (unpaired) electrons. The normalized spacial score (nSPS) is 13.4. The van der Waals surface area contributed by atoms with Gasteiger partial charge in [0.1, 0.15) is 0 Å². The molecule has 0 amide bonds. The maximum Gasteiger partial charge on any atom is 0.0352 e. The Hall–Kier alpha value is -1.50. The van der Waals surface area contributed by atoms with E-state index in [1.165, 1.54) is 16.7 Å². The fourth-order valence-corrected chi connectivity index (χ4v) is 1.99.